The number of nitrogens with zero attached hydrogens (tertiary/aromatic N) is 2. The molecule has 1 saturated carbocycles. The first kappa shape index (κ1) is 11.9. The Kier molecular flexibility index (Phi) is 2.95. The Labute approximate surface area is 107 Å². The molecule has 1 aromatic heterocycles. The van der Waals surface area contributed by atoms with E-state index in [2.05, 4.69) is 10.4 Å². The van der Waals surface area contributed by atoms with Crippen LogP contribution in [0.2, 0.25) is 0 Å². The van der Waals surface area contributed by atoms with Crippen molar-refractivity contribution >= 4 is 5.82 Å². The van der Waals surface area contributed by atoms with Crippen LogP contribution in [-0.2, 0) is 23.2 Å². The molecule has 2 aliphatic carbocycles. The predicted molar refractivity (Wildman–Crippen MR) is 69.0 cm³/mol. The van der Waals surface area contributed by atoms with Crippen molar-refractivity contribution < 1.29 is 4.74 Å². The average Bonchev–Trinajstić information content (AvgIpc) is 2.37. The zero-order chi connectivity index (χ0) is 12.6. The van der Waals surface area contributed by atoms with Crippen LogP contribution in [0.15, 0.2) is 0 Å². The number of hydrazine groups is 1. The lowest BCUT2D eigenvalue weighted by Crippen LogP contribution is -2.39. The lowest BCUT2D eigenvalue weighted by molar-refractivity contribution is -0.0847. The molecule has 0 unspecified atom stereocenters. The van der Waals surface area contributed by atoms with Gasteiger partial charge in [0.1, 0.15) is 11.4 Å². The zero-order valence-corrected chi connectivity index (χ0v) is 10.8. The van der Waals surface area contributed by atoms with Gasteiger partial charge in [0.2, 0.25) is 0 Å². The van der Waals surface area contributed by atoms with Crippen molar-refractivity contribution in [2.75, 3.05) is 12.5 Å². The minimum absolute atomic E-state index is 0.266. The first-order valence-electron chi connectivity index (χ1n) is 6.71. The van der Waals surface area contributed by atoms with Crippen molar-refractivity contribution in [2.45, 2.75) is 50.5 Å². The second-order valence-electron chi connectivity index (χ2n) is 5.22. The first-order chi connectivity index (χ1) is 8.79. The molecule has 3 N–H and O–H groups in total. The summed E-state index contributed by atoms with van der Waals surface area (Å²) in [6, 6.07) is 0. The second-order valence-corrected chi connectivity index (χ2v) is 5.22. The number of ether oxygens (including phenoxy) is 1. The highest BCUT2D eigenvalue weighted by Crippen LogP contribution is 2.43. The summed E-state index contributed by atoms with van der Waals surface area (Å²) >= 11 is 0. The molecule has 3 rings (SSSR count). The van der Waals surface area contributed by atoms with E-state index in [0.29, 0.717) is 0 Å². The summed E-state index contributed by atoms with van der Waals surface area (Å²) in [6.07, 6.45) is 7.64. The van der Waals surface area contributed by atoms with Crippen LogP contribution in [0.1, 0.15) is 49.2 Å². The van der Waals surface area contributed by atoms with E-state index >= 15 is 0 Å². The number of aromatic nitrogens is 2. The fourth-order valence-corrected chi connectivity index (χ4v) is 2.93. The molecule has 0 radical (unpaired) electrons. The van der Waals surface area contributed by atoms with Gasteiger partial charge in [-0.05, 0) is 44.9 Å². The molecule has 98 valence electrons. The van der Waals surface area contributed by atoms with Gasteiger partial charge in [0.25, 0.3) is 0 Å². The van der Waals surface area contributed by atoms with Crippen LogP contribution >= 0.6 is 0 Å². The van der Waals surface area contributed by atoms with Crippen LogP contribution in [0.5, 0.6) is 0 Å². The highest BCUT2D eigenvalue weighted by atomic mass is 16.5. The zero-order valence-electron chi connectivity index (χ0n) is 10.8. The summed E-state index contributed by atoms with van der Waals surface area (Å²) in [6.45, 7) is 0. The third-order valence-corrected chi connectivity index (χ3v) is 4.28. The smallest absolute Gasteiger partial charge is 0.162 e. The van der Waals surface area contributed by atoms with Gasteiger partial charge in [-0.1, -0.05) is 0 Å². The molecular weight excluding hydrogens is 228 g/mol. The normalized spacial score (nSPS) is 21.0. The van der Waals surface area contributed by atoms with Crippen LogP contribution < -0.4 is 11.3 Å². The Balaban J connectivity index is 2.05. The van der Waals surface area contributed by atoms with E-state index in [1.54, 1.807) is 7.11 Å². The molecule has 0 saturated heterocycles. The van der Waals surface area contributed by atoms with E-state index in [9.17, 15) is 0 Å². The van der Waals surface area contributed by atoms with Gasteiger partial charge in [-0.25, -0.2) is 15.8 Å². The van der Waals surface area contributed by atoms with Gasteiger partial charge in [0.05, 0.1) is 0 Å². The molecule has 1 aromatic rings. The highest BCUT2D eigenvalue weighted by molar-refractivity contribution is 5.47. The highest BCUT2D eigenvalue weighted by Gasteiger charge is 2.42. The van der Waals surface area contributed by atoms with Crippen molar-refractivity contribution in [3.05, 3.63) is 17.1 Å². The van der Waals surface area contributed by atoms with Gasteiger partial charge >= 0.3 is 0 Å². The van der Waals surface area contributed by atoms with Crippen LogP contribution in [-0.4, -0.2) is 17.1 Å². The van der Waals surface area contributed by atoms with Gasteiger partial charge in [-0.3, -0.25) is 0 Å². The molecule has 2 aliphatic rings. The molecule has 1 fully saturated rings. The van der Waals surface area contributed by atoms with E-state index < -0.39 is 0 Å². The first-order valence-corrected chi connectivity index (χ1v) is 6.71. The third-order valence-electron chi connectivity index (χ3n) is 4.28. The Morgan fingerprint density at radius 3 is 2.56 bits per heavy atom. The largest absolute Gasteiger partial charge is 0.370 e. The van der Waals surface area contributed by atoms with Crippen molar-refractivity contribution in [2.24, 2.45) is 5.84 Å². The Hall–Kier alpha value is -1.20. The second kappa shape index (κ2) is 4.48. The lowest BCUT2D eigenvalue weighted by Gasteiger charge is -2.39. The molecule has 0 atom stereocenters. The van der Waals surface area contributed by atoms with Crippen molar-refractivity contribution in [3.63, 3.8) is 0 Å². The molecule has 1 heterocycles. The summed E-state index contributed by atoms with van der Waals surface area (Å²) in [5.74, 6) is 7.21. The number of rotatable bonds is 3. The molecule has 5 nitrogen and oxygen atoms in total. The van der Waals surface area contributed by atoms with E-state index in [1.807, 2.05) is 0 Å². The number of methoxy groups -OCH3 is 1. The van der Waals surface area contributed by atoms with Crippen molar-refractivity contribution in [3.8, 4) is 0 Å². The third kappa shape index (κ3) is 1.69. The summed E-state index contributed by atoms with van der Waals surface area (Å²) in [5.41, 5.74) is 4.82. The van der Waals surface area contributed by atoms with Gasteiger partial charge in [0.15, 0.2) is 5.82 Å². The molecule has 0 aliphatic heterocycles. The molecule has 0 amide bonds. The summed E-state index contributed by atoms with van der Waals surface area (Å²) < 4.78 is 5.66. The number of nitrogens with one attached hydrogen (secondary N) is 1. The van der Waals surface area contributed by atoms with Gasteiger partial charge in [-0.15, -0.1) is 0 Å². The molecule has 0 bridgehead atoms. The summed E-state index contributed by atoms with van der Waals surface area (Å²) in [5, 5.41) is 0. The van der Waals surface area contributed by atoms with Crippen LogP contribution in [0.3, 0.4) is 0 Å². The quantitative estimate of drug-likeness (QED) is 0.628. The van der Waals surface area contributed by atoms with Gasteiger partial charge < -0.3 is 10.2 Å². The summed E-state index contributed by atoms with van der Waals surface area (Å²) in [4.78, 5) is 9.35. The molecule has 0 aromatic carbocycles. The van der Waals surface area contributed by atoms with Gasteiger partial charge in [-0.2, -0.15) is 0 Å². The average molecular weight is 248 g/mol. The summed E-state index contributed by atoms with van der Waals surface area (Å²) in [7, 11) is 1.75. The fourth-order valence-electron chi connectivity index (χ4n) is 2.93. The van der Waals surface area contributed by atoms with Crippen LogP contribution in [0.4, 0.5) is 5.82 Å². The maximum atomic E-state index is 5.66. The maximum Gasteiger partial charge on any atom is 0.162 e. The van der Waals surface area contributed by atoms with Crippen molar-refractivity contribution in [1.29, 1.82) is 0 Å². The number of nitrogen functional groups attached to an aromatic ring is 1. The van der Waals surface area contributed by atoms with E-state index in [4.69, 9.17) is 15.6 Å². The predicted octanol–water partition coefficient (Wildman–Crippen LogP) is 1.67. The minimum Gasteiger partial charge on any atom is -0.370 e. The SMILES string of the molecule is COC1(c2nc3c(c(NN)n2)CCCC3)CCC1. The van der Waals surface area contributed by atoms with E-state index in [0.717, 1.165) is 43.0 Å². The standard InChI is InChI=1S/C13H20N4O/c1-18-13(7-4-8-13)12-15-10-6-3-2-5-9(10)11(16-12)17-14/h2-8,14H2,1H3,(H,15,16,17). The lowest BCUT2D eigenvalue weighted by atomic mass is 9.79. The van der Waals surface area contributed by atoms with Crippen molar-refractivity contribution in [1.82, 2.24) is 9.97 Å². The number of anilines is 1. The Bertz CT molecular complexity index is 434. The fraction of sp³-hybridized carbons (Fsp3) is 0.692. The topological polar surface area (TPSA) is 73.1 Å². The number of hydrogen-bond donors (Lipinski definition) is 2. The number of hydrogen-bond acceptors (Lipinski definition) is 5. The number of fused-ring (bicyclic) bond motifs is 1. The monoisotopic (exact) mass is 248 g/mol. The Morgan fingerprint density at radius 1 is 1.17 bits per heavy atom. The molecule has 18 heavy (non-hydrogen) atoms. The Morgan fingerprint density at radius 2 is 1.94 bits per heavy atom. The van der Waals surface area contributed by atoms with Gasteiger partial charge in [0, 0.05) is 18.4 Å². The number of nitrogens with two attached hydrogens (primary N) is 1. The van der Waals surface area contributed by atoms with Crippen LogP contribution in [0.25, 0.3) is 0 Å². The van der Waals surface area contributed by atoms with Crippen LogP contribution in [0, 0.1) is 0 Å². The number of aryl methyl sites for hydroxylation is 1. The van der Waals surface area contributed by atoms with E-state index in [1.165, 1.54) is 24.8 Å². The van der Waals surface area contributed by atoms with E-state index in [-0.39, 0.29) is 5.60 Å². The molecular formula is C13H20N4O. The molecule has 0 spiro atoms. The maximum absolute atomic E-state index is 5.66. The minimum atomic E-state index is -0.266. The molecule has 5 heteroatoms.